The molecular weight excluding hydrogens is 282 g/mol. The normalized spacial score (nSPS) is 10.9. The maximum absolute atomic E-state index is 6.16. The second kappa shape index (κ2) is 7.48. The zero-order valence-corrected chi connectivity index (χ0v) is 13.6. The fourth-order valence-electron chi connectivity index (χ4n) is 2.21. The van der Waals surface area contributed by atoms with Crippen LogP contribution in [0.5, 0.6) is 11.5 Å². The lowest BCUT2D eigenvalue weighted by atomic mass is 10.0. The molecule has 0 fully saturated rings. The molecule has 2 aromatic carbocycles. The first-order valence-corrected chi connectivity index (χ1v) is 7.75. The highest BCUT2D eigenvalue weighted by Crippen LogP contribution is 2.33. The van der Waals surface area contributed by atoms with Crippen LogP contribution in [-0.2, 0) is 6.54 Å². The molecule has 1 N–H and O–H groups in total. The minimum absolute atomic E-state index is 0.422. The smallest absolute Gasteiger partial charge is 0.132 e. The Balaban J connectivity index is 2.31. The molecule has 0 radical (unpaired) electrons. The number of para-hydroxylation sites is 1. The van der Waals surface area contributed by atoms with Crippen LogP contribution in [0.3, 0.4) is 0 Å². The van der Waals surface area contributed by atoms with Gasteiger partial charge in [0.1, 0.15) is 11.5 Å². The molecule has 0 aliphatic heterocycles. The lowest BCUT2D eigenvalue weighted by Gasteiger charge is -2.16. The van der Waals surface area contributed by atoms with Crippen LogP contribution in [0.15, 0.2) is 42.5 Å². The summed E-state index contributed by atoms with van der Waals surface area (Å²) in [5.74, 6) is 2.19. The maximum atomic E-state index is 6.16. The lowest BCUT2D eigenvalue weighted by Crippen LogP contribution is -2.12. The van der Waals surface area contributed by atoms with Gasteiger partial charge in [-0.25, -0.2) is 0 Å². The Morgan fingerprint density at radius 2 is 1.86 bits per heavy atom. The van der Waals surface area contributed by atoms with E-state index in [0.717, 1.165) is 35.2 Å². The summed E-state index contributed by atoms with van der Waals surface area (Å²) in [5, 5.41) is 4.05. The minimum Gasteiger partial charge on any atom is -0.457 e. The zero-order chi connectivity index (χ0) is 15.2. The van der Waals surface area contributed by atoms with Crippen molar-refractivity contribution >= 4 is 11.6 Å². The number of benzene rings is 2. The van der Waals surface area contributed by atoms with E-state index >= 15 is 0 Å². The molecule has 0 spiro atoms. The molecule has 112 valence electrons. The number of hydrogen-bond acceptors (Lipinski definition) is 2. The van der Waals surface area contributed by atoms with Gasteiger partial charge in [0.25, 0.3) is 0 Å². The molecule has 0 aromatic heterocycles. The molecule has 0 unspecified atom stereocenters. The van der Waals surface area contributed by atoms with Crippen LogP contribution in [0.25, 0.3) is 0 Å². The van der Waals surface area contributed by atoms with Crippen molar-refractivity contribution in [1.29, 1.82) is 0 Å². The standard InChI is InChI=1S/C18H22ClNO/c1-4-20-12-14-11-15(19)9-10-17(14)21-18-8-6-5-7-16(18)13(2)3/h5-11,13,20H,4,12H2,1-3H3. The molecule has 0 bridgehead atoms. The van der Waals surface area contributed by atoms with E-state index in [1.165, 1.54) is 5.56 Å². The fourth-order valence-corrected chi connectivity index (χ4v) is 2.41. The van der Waals surface area contributed by atoms with Crippen molar-refractivity contribution in [3.63, 3.8) is 0 Å². The third kappa shape index (κ3) is 4.23. The SMILES string of the molecule is CCNCc1cc(Cl)ccc1Oc1ccccc1C(C)C. The Labute approximate surface area is 132 Å². The van der Waals surface area contributed by atoms with Crippen molar-refractivity contribution in [3.8, 4) is 11.5 Å². The molecule has 2 rings (SSSR count). The van der Waals surface area contributed by atoms with E-state index in [0.29, 0.717) is 5.92 Å². The molecule has 0 saturated carbocycles. The molecular formula is C18H22ClNO. The largest absolute Gasteiger partial charge is 0.457 e. The van der Waals surface area contributed by atoms with Gasteiger partial charge < -0.3 is 10.1 Å². The third-order valence-corrected chi connectivity index (χ3v) is 3.58. The third-order valence-electron chi connectivity index (χ3n) is 3.35. The van der Waals surface area contributed by atoms with Crippen LogP contribution in [0.4, 0.5) is 0 Å². The van der Waals surface area contributed by atoms with Gasteiger partial charge in [0.15, 0.2) is 0 Å². The van der Waals surface area contributed by atoms with Crippen LogP contribution in [0.1, 0.15) is 37.8 Å². The topological polar surface area (TPSA) is 21.3 Å². The van der Waals surface area contributed by atoms with Crippen LogP contribution in [0, 0.1) is 0 Å². The lowest BCUT2D eigenvalue weighted by molar-refractivity contribution is 0.464. The second-order valence-electron chi connectivity index (χ2n) is 5.33. The summed E-state index contributed by atoms with van der Waals surface area (Å²) in [6, 6.07) is 13.9. The Kier molecular flexibility index (Phi) is 5.66. The molecule has 2 nitrogen and oxygen atoms in total. The number of ether oxygens (including phenoxy) is 1. The zero-order valence-electron chi connectivity index (χ0n) is 12.8. The van der Waals surface area contributed by atoms with Crippen molar-refractivity contribution < 1.29 is 4.74 Å². The van der Waals surface area contributed by atoms with E-state index < -0.39 is 0 Å². The van der Waals surface area contributed by atoms with E-state index in [-0.39, 0.29) is 0 Å². The first kappa shape index (κ1) is 15.9. The molecule has 2 aromatic rings. The monoisotopic (exact) mass is 303 g/mol. The van der Waals surface area contributed by atoms with Crippen molar-refractivity contribution in [3.05, 3.63) is 58.6 Å². The molecule has 0 atom stereocenters. The van der Waals surface area contributed by atoms with Crippen LogP contribution >= 0.6 is 11.6 Å². The Hall–Kier alpha value is -1.51. The predicted octanol–water partition coefficient (Wildman–Crippen LogP) is 5.37. The molecule has 0 saturated heterocycles. The maximum Gasteiger partial charge on any atom is 0.132 e. The van der Waals surface area contributed by atoms with Crippen molar-refractivity contribution in [1.82, 2.24) is 5.32 Å². The van der Waals surface area contributed by atoms with Crippen molar-refractivity contribution in [2.75, 3.05) is 6.54 Å². The minimum atomic E-state index is 0.422. The van der Waals surface area contributed by atoms with E-state index in [4.69, 9.17) is 16.3 Å². The van der Waals surface area contributed by atoms with E-state index in [2.05, 4.69) is 32.2 Å². The second-order valence-corrected chi connectivity index (χ2v) is 5.76. The quantitative estimate of drug-likeness (QED) is 0.775. The van der Waals surface area contributed by atoms with Crippen LogP contribution < -0.4 is 10.1 Å². The number of rotatable bonds is 6. The van der Waals surface area contributed by atoms with Gasteiger partial charge in [-0.15, -0.1) is 0 Å². The predicted molar refractivity (Wildman–Crippen MR) is 89.4 cm³/mol. The Bertz CT molecular complexity index is 596. The van der Waals surface area contributed by atoms with Gasteiger partial charge in [0.05, 0.1) is 0 Å². The Morgan fingerprint density at radius 3 is 2.57 bits per heavy atom. The molecule has 0 aliphatic carbocycles. The van der Waals surface area contributed by atoms with Crippen LogP contribution in [-0.4, -0.2) is 6.54 Å². The van der Waals surface area contributed by atoms with E-state index in [1.54, 1.807) is 0 Å². The summed E-state index contributed by atoms with van der Waals surface area (Å²) in [6.07, 6.45) is 0. The van der Waals surface area contributed by atoms with Gasteiger partial charge in [-0.3, -0.25) is 0 Å². The molecule has 0 amide bonds. The number of nitrogens with one attached hydrogen (secondary N) is 1. The van der Waals surface area contributed by atoms with Gasteiger partial charge in [-0.1, -0.05) is 50.6 Å². The summed E-state index contributed by atoms with van der Waals surface area (Å²) in [5.41, 5.74) is 2.28. The summed E-state index contributed by atoms with van der Waals surface area (Å²) in [4.78, 5) is 0. The Morgan fingerprint density at radius 1 is 1.10 bits per heavy atom. The van der Waals surface area contributed by atoms with Gasteiger partial charge in [-0.2, -0.15) is 0 Å². The fraction of sp³-hybridized carbons (Fsp3) is 0.333. The molecule has 0 heterocycles. The highest BCUT2D eigenvalue weighted by molar-refractivity contribution is 6.30. The van der Waals surface area contributed by atoms with E-state index in [9.17, 15) is 0 Å². The highest BCUT2D eigenvalue weighted by Gasteiger charge is 2.10. The van der Waals surface area contributed by atoms with Crippen molar-refractivity contribution in [2.24, 2.45) is 0 Å². The summed E-state index contributed by atoms with van der Waals surface area (Å²) >= 11 is 6.10. The van der Waals surface area contributed by atoms with Gasteiger partial charge in [0.2, 0.25) is 0 Å². The molecule has 0 aliphatic rings. The average molecular weight is 304 g/mol. The number of halogens is 1. The first-order chi connectivity index (χ1) is 10.1. The van der Waals surface area contributed by atoms with Gasteiger partial charge in [-0.05, 0) is 42.3 Å². The van der Waals surface area contributed by atoms with Gasteiger partial charge >= 0.3 is 0 Å². The van der Waals surface area contributed by atoms with Crippen molar-refractivity contribution in [2.45, 2.75) is 33.2 Å². The van der Waals surface area contributed by atoms with Crippen LogP contribution in [0.2, 0.25) is 5.02 Å². The number of hydrogen-bond donors (Lipinski definition) is 1. The summed E-state index contributed by atoms with van der Waals surface area (Å²) in [6.45, 7) is 8.08. The highest BCUT2D eigenvalue weighted by atomic mass is 35.5. The van der Waals surface area contributed by atoms with Gasteiger partial charge in [0, 0.05) is 17.1 Å². The molecule has 3 heteroatoms. The molecule has 21 heavy (non-hydrogen) atoms. The summed E-state index contributed by atoms with van der Waals surface area (Å²) in [7, 11) is 0. The average Bonchev–Trinajstić information content (AvgIpc) is 2.47. The van der Waals surface area contributed by atoms with E-state index in [1.807, 2.05) is 36.4 Å². The first-order valence-electron chi connectivity index (χ1n) is 7.37. The summed E-state index contributed by atoms with van der Waals surface area (Å²) < 4.78 is 6.16.